The first-order valence-electron chi connectivity index (χ1n) is 5.87. The highest BCUT2D eigenvalue weighted by atomic mass is 16.5. The third kappa shape index (κ3) is 2.00. The first kappa shape index (κ1) is 12.8. The van der Waals surface area contributed by atoms with Gasteiger partial charge in [-0.2, -0.15) is 0 Å². The van der Waals surface area contributed by atoms with Gasteiger partial charge in [0.05, 0.1) is 12.0 Å². The second-order valence-electron chi connectivity index (χ2n) is 4.50. The molecule has 0 bridgehead atoms. The van der Waals surface area contributed by atoms with Crippen molar-refractivity contribution < 1.29 is 9.53 Å². The van der Waals surface area contributed by atoms with Gasteiger partial charge in [0.15, 0.2) is 0 Å². The van der Waals surface area contributed by atoms with Crippen LogP contribution in [0.2, 0.25) is 0 Å². The van der Waals surface area contributed by atoms with E-state index in [1.165, 1.54) is 0 Å². The summed E-state index contributed by atoms with van der Waals surface area (Å²) >= 11 is 0. The molecule has 2 heteroatoms. The van der Waals surface area contributed by atoms with Crippen molar-refractivity contribution in [1.82, 2.24) is 0 Å². The standard InChI is InChI=1S/C14H20O2/c1-5-10-14(13(15)16-6-2)11(3)8-7-9-12(14)4/h1,7-8,11-12H,6,9-10H2,2-4H3/t11-,12-,14?/m0/s1. The van der Waals surface area contributed by atoms with Gasteiger partial charge < -0.3 is 4.74 Å². The Labute approximate surface area is 98.1 Å². The van der Waals surface area contributed by atoms with Crippen LogP contribution in [-0.4, -0.2) is 12.6 Å². The molecule has 0 aromatic rings. The van der Waals surface area contributed by atoms with Gasteiger partial charge in [0.1, 0.15) is 0 Å². The van der Waals surface area contributed by atoms with Crippen molar-refractivity contribution in [1.29, 1.82) is 0 Å². The molecule has 0 saturated carbocycles. The molecule has 88 valence electrons. The monoisotopic (exact) mass is 220 g/mol. The molecule has 0 fully saturated rings. The molecule has 0 spiro atoms. The molecule has 1 aliphatic rings. The summed E-state index contributed by atoms with van der Waals surface area (Å²) in [6, 6.07) is 0. The molecule has 16 heavy (non-hydrogen) atoms. The largest absolute Gasteiger partial charge is 0.466 e. The number of carbonyl (C=O) groups is 1. The van der Waals surface area contributed by atoms with Crippen LogP contribution >= 0.6 is 0 Å². The van der Waals surface area contributed by atoms with Gasteiger partial charge in [-0.3, -0.25) is 4.79 Å². The number of rotatable bonds is 3. The highest BCUT2D eigenvalue weighted by Gasteiger charge is 2.48. The van der Waals surface area contributed by atoms with Crippen LogP contribution in [0.4, 0.5) is 0 Å². The minimum atomic E-state index is -0.528. The van der Waals surface area contributed by atoms with E-state index in [-0.39, 0.29) is 17.8 Å². The lowest BCUT2D eigenvalue weighted by Gasteiger charge is -2.41. The van der Waals surface area contributed by atoms with E-state index in [2.05, 4.69) is 25.0 Å². The normalized spacial score (nSPS) is 33.1. The Balaban J connectivity index is 3.07. The highest BCUT2D eigenvalue weighted by molar-refractivity contribution is 5.78. The predicted molar refractivity (Wildman–Crippen MR) is 64.6 cm³/mol. The predicted octanol–water partition coefficient (Wildman–Crippen LogP) is 2.79. The molecule has 1 rings (SSSR count). The van der Waals surface area contributed by atoms with Crippen molar-refractivity contribution in [3.05, 3.63) is 12.2 Å². The Morgan fingerprint density at radius 2 is 2.31 bits per heavy atom. The number of hydrogen-bond acceptors (Lipinski definition) is 2. The number of allylic oxidation sites excluding steroid dienone is 2. The van der Waals surface area contributed by atoms with Crippen molar-refractivity contribution >= 4 is 5.97 Å². The Kier molecular flexibility index (Phi) is 4.18. The van der Waals surface area contributed by atoms with Gasteiger partial charge in [-0.05, 0) is 25.2 Å². The van der Waals surface area contributed by atoms with E-state index in [9.17, 15) is 4.79 Å². The molecule has 1 aliphatic carbocycles. The summed E-state index contributed by atoms with van der Waals surface area (Å²) in [6.07, 6.45) is 11.0. The van der Waals surface area contributed by atoms with Crippen molar-refractivity contribution in [2.75, 3.05) is 6.61 Å². The summed E-state index contributed by atoms with van der Waals surface area (Å²) in [7, 11) is 0. The molecule has 0 heterocycles. The van der Waals surface area contributed by atoms with Crippen molar-refractivity contribution in [2.24, 2.45) is 17.3 Å². The van der Waals surface area contributed by atoms with Crippen LogP contribution in [-0.2, 0) is 9.53 Å². The van der Waals surface area contributed by atoms with E-state index in [1.807, 2.05) is 13.8 Å². The van der Waals surface area contributed by atoms with E-state index in [0.29, 0.717) is 13.0 Å². The molecule has 0 radical (unpaired) electrons. The first-order valence-corrected chi connectivity index (χ1v) is 5.87. The zero-order valence-corrected chi connectivity index (χ0v) is 10.3. The fourth-order valence-corrected chi connectivity index (χ4v) is 2.55. The summed E-state index contributed by atoms with van der Waals surface area (Å²) in [6.45, 7) is 6.36. The number of carbonyl (C=O) groups excluding carboxylic acids is 1. The fraction of sp³-hybridized carbons (Fsp3) is 0.643. The number of hydrogen-bond donors (Lipinski definition) is 0. The van der Waals surface area contributed by atoms with E-state index < -0.39 is 5.41 Å². The average molecular weight is 220 g/mol. The third-order valence-electron chi connectivity index (χ3n) is 3.66. The van der Waals surface area contributed by atoms with Gasteiger partial charge in [-0.1, -0.05) is 26.0 Å². The summed E-state index contributed by atoms with van der Waals surface area (Å²) in [5, 5.41) is 0. The van der Waals surface area contributed by atoms with Gasteiger partial charge in [-0.15, -0.1) is 12.3 Å². The molecule has 0 saturated heterocycles. The maximum Gasteiger partial charge on any atom is 0.313 e. The lowest BCUT2D eigenvalue weighted by atomic mass is 9.62. The molecule has 2 nitrogen and oxygen atoms in total. The van der Waals surface area contributed by atoms with Crippen LogP contribution < -0.4 is 0 Å². The second-order valence-corrected chi connectivity index (χ2v) is 4.50. The zero-order chi connectivity index (χ0) is 12.2. The van der Waals surface area contributed by atoms with Crippen LogP contribution in [0.5, 0.6) is 0 Å². The van der Waals surface area contributed by atoms with Crippen LogP contribution in [0, 0.1) is 29.6 Å². The number of terminal acetylenes is 1. The van der Waals surface area contributed by atoms with Gasteiger partial charge in [0.2, 0.25) is 0 Å². The molecule has 1 unspecified atom stereocenters. The van der Waals surface area contributed by atoms with Crippen molar-refractivity contribution in [2.45, 2.75) is 33.6 Å². The molecule has 0 amide bonds. The summed E-state index contributed by atoms with van der Waals surface area (Å²) in [4.78, 5) is 12.2. The molecular formula is C14H20O2. The smallest absolute Gasteiger partial charge is 0.313 e. The summed E-state index contributed by atoms with van der Waals surface area (Å²) in [5.41, 5.74) is -0.528. The van der Waals surface area contributed by atoms with Gasteiger partial charge >= 0.3 is 5.97 Å². The minimum absolute atomic E-state index is 0.141. The highest BCUT2D eigenvalue weighted by Crippen LogP contribution is 2.45. The van der Waals surface area contributed by atoms with Crippen molar-refractivity contribution in [3.8, 4) is 12.3 Å². The molecular weight excluding hydrogens is 200 g/mol. The topological polar surface area (TPSA) is 26.3 Å². The molecule has 0 N–H and O–H groups in total. The van der Waals surface area contributed by atoms with Gasteiger partial charge in [0, 0.05) is 6.42 Å². The lowest BCUT2D eigenvalue weighted by molar-refractivity contribution is -0.161. The SMILES string of the molecule is C#CCC1(C(=O)OCC)[C@@H](C)C=CC[C@@H]1C. The number of esters is 1. The van der Waals surface area contributed by atoms with E-state index in [4.69, 9.17) is 11.2 Å². The minimum Gasteiger partial charge on any atom is -0.466 e. The fourth-order valence-electron chi connectivity index (χ4n) is 2.55. The van der Waals surface area contributed by atoms with Gasteiger partial charge in [0.25, 0.3) is 0 Å². The molecule has 0 aromatic heterocycles. The van der Waals surface area contributed by atoms with Gasteiger partial charge in [-0.25, -0.2) is 0 Å². The Hall–Kier alpha value is -1.23. The Morgan fingerprint density at radius 3 is 2.81 bits per heavy atom. The quantitative estimate of drug-likeness (QED) is 0.415. The maximum atomic E-state index is 12.2. The van der Waals surface area contributed by atoms with E-state index >= 15 is 0 Å². The maximum absolute atomic E-state index is 12.2. The van der Waals surface area contributed by atoms with E-state index in [1.54, 1.807) is 0 Å². The molecule has 0 aliphatic heterocycles. The average Bonchev–Trinajstić information content (AvgIpc) is 2.24. The van der Waals surface area contributed by atoms with Crippen LogP contribution in [0.15, 0.2) is 12.2 Å². The van der Waals surface area contributed by atoms with Crippen molar-refractivity contribution in [3.63, 3.8) is 0 Å². The number of ether oxygens (including phenoxy) is 1. The zero-order valence-electron chi connectivity index (χ0n) is 10.3. The summed E-state index contributed by atoms with van der Waals surface area (Å²) < 4.78 is 5.21. The van der Waals surface area contributed by atoms with Crippen LogP contribution in [0.1, 0.15) is 33.6 Å². The van der Waals surface area contributed by atoms with Crippen LogP contribution in [0.25, 0.3) is 0 Å². The Bertz CT molecular complexity index is 324. The van der Waals surface area contributed by atoms with E-state index in [0.717, 1.165) is 6.42 Å². The Morgan fingerprint density at radius 1 is 1.62 bits per heavy atom. The second kappa shape index (κ2) is 5.21. The first-order chi connectivity index (χ1) is 7.59. The molecule has 3 atom stereocenters. The summed E-state index contributed by atoms with van der Waals surface area (Å²) in [5.74, 6) is 2.89. The van der Waals surface area contributed by atoms with Crippen LogP contribution in [0.3, 0.4) is 0 Å². The lowest BCUT2D eigenvalue weighted by Crippen LogP contribution is -2.45. The third-order valence-corrected chi connectivity index (χ3v) is 3.66. The molecule has 0 aromatic carbocycles.